The Kier molecular flexibility index (Phi) is 2.67. The van der Waals surface area contributed by atoms with E-state index in [0.29, 0.717) is 12.5 Å². The number of nitrogens with zero attached hydrogens (tertiary/aromatic N) is 2. The first-order chi connectivity index (χ1) is 4.74. The van der Waals surface area contributed by atoms with E-state index in [2.05, 4.69) is 34.9 Å². The van der Waals surface area contributed by atoms with Gasteiger partial charge >= 0.3 is 0 Å². The van der Waals surface area contributed by atoms with Crippen LogP contribution in [0.2, 0.25) is 0 Å². The van der Waals surface area contributed by atoms with Crippen molar-refractivity contribution in [1.82, 2.24) is 7.99 Å². The lowest BCUT2D eigenvalue weighted by Gasteiger charge is -2.01. The molecule has 0 aliphatic rings. The Hall–Kier alpha value is -0.100. The lowest BCUT2D eigenvalue weighted by Crippen LogP contribution is -2.07. The molecule has 1 atom stereocenters. The number of rotatable bonds is 2. The Balaban J connectivity index is 2.74. The summed E-state index contributed by atoms with van der Waals surface area (Å²) in [5, 5.41) is 4.03. The summed E-state index contributed by atoms with van der Waals surface area (Å²) >= 11 is 2.12. The molecular formula is C6H10IN3. The molecule has 0 aliphatic heterocycles. The zero-order valence-corrected chi connectivity index (χ0v) is 7.95. The smallest absolute Gasteiger partial charge is 0.0843 e. The molecule has 1 aromatic rings. The van der Waals surface area contributed by atoms with Crippen LogP contribution in [0.15, 0.2) is 12.4 Å². The number of aromatic nitrogens is 2. The maximum Gasteiger partial charge on any atom is 0.0843 e. The van der Waals surface area contributed by atoms with Crippen molar-refractivity contribution < 1.29 is 0 Å². The first-order valence-electron chi connectivity index (χ1n) is 3.15. The Morgan fingerprint density at radius 1 is 1.90 bits per heavy atom. The monoisotopic (exact) mass is 251 g/mol. The SMILES string of the molecule is CC(CN)c1cnn(I)c1. The van der Waals surface area contributed by atoms with Gasteiger partial charge in [0, 0.05) is 6.20 Å². The molecule has 10 heavy (non-hydrogen) atoms. The summed E-state index contributed by atoms with van der Waals surface area (Å²) < 4.78 is 1.76. The third-order valence-corrected chi connectivity index (χ3v) is 2.02. The Morgan fingerprint density at radius 2 is 2.60 bits per heavy atom. The van der Waals surface area contributed by atoms with Gasteiger partial charge in [-0.2, -0.15) is 5.10 Å². The van der Waals surface area contributed by atoms with Crippen LogP contribution in [-0.4, -0.2) is 14.5 Å². The van der Waals surface area contributed by atoms with Crippen molar-refractivity contribution in [3.8, 4) is 0 Å². The second-order valence-electron chi connectivity index (χ2n) is 2.30. The average molecular weight is 251 g/mol. The van der Waals surface area contributed by atoms with Gasteiger partial charge in [0.1, 0.15) is 0 Å². The van der Waals surface area contributed by atoms with Crippen LogP contribution in [0.25, 0.3) is 0 Å². The maximum absolute atomic E-state index is 5.47. The molecule has 2 N–H and O–H groups in total. The minimum atomic E-state index is 0.420. The predicted molar refractivity (Wildman–Crippen MR) is 49.1 cm³/mol. The van der Waals surface area contributed by atoms with Gasteiger partial charge in [0.2, 0.25) is 0 Å². The largest absolute Gasteiger partial charge is 0.330 e. The molecule has 1 heterocycles. The minimum Gasteiger partial charge on any atom is -0.330 e. The van der Waals surface area contributed by atoms with Gasteiger partial charge in [0.05, 0.1) is 29.1 Å². The zero-order chi connectivity index (χ0) is 7.56. The van der Waals surface area contributed by atoms with Crippen LogP contribution in [0.1, 0.15) is 18.4 Å². The minimum absolute atomic E-state index is 0.420. The summed E-state index contributed by atoms with van der Waals surface area (Å²) in [5.41, 5.74) is 6.68. The maximum atomic E-state index is 5.47. The molecule has 0 saturated heterocycles. The highest BCUT2D eigenvalue weighted by Gasteiger charge is 2.03. The first kappa shape index (κ1) is 8.00. The molecule has 1 aromatic heterocycles. The molecule has 0 spiro atoms. The van der Waals surface area contributed by atoms with Gasteiger partial charge in [0.25, 0.3) is 0 Å². The average Bonchev–Trinajstić information content (AvgIpc) is 2.34. The standard InChI is InChI=1S/C6H10IN3/c1-5(2-8)6-3-9-10(7)4-6/h3-5H,2,8H2,1H3. The van der Waals surface area contributed by atoms with Crippen molar-refractivity contribution in [2.24, 2.45) is 5.73 Å². The van der Waals surface area contributed by atoms with Crippen molar-refractivity contribution in [3.05, 3.63) is 18.0 Å². The van der Waals surface area contributed by atoms with Crippen molar-refractivity contribution in [2.45, 2.75) is 12.8 Å². The van der Waals surface area contributed by atoms with E-state index in [9.17, 15) is 0 Å². The molecular weight excluding hydrogens is 241 g/mol. The van der Waals surface area contributed by atoms with Crippen molar-refractivity contribution in [1.29, 1.82) is 0 Å². The van der Waals surface area contributed by atoms with E-state index in [1.165, 1.54) is 5.56 Å². The summed E-state index contributed by atoms with van der Waals surface area (Å²) in [7, 11) is 0. The number of hydrogen-bond donors (Lipinski definition) is 1. The van der Waals surface area contributed by atoms with Crippen LogP contribution in [0, 0.1) is 0 Å². The van der Waals surface area contributed by atoms with Gasteiger partial charge in [-0.05, 0) is 18.0 Å². The van der Waals surface area contributed by atoms with E-state index in [0.717, 1.165) is 0 Å². The van der Waals surface area contributed by atoms with Gasteiger partial charge in [-0.3, -0.25) is 0 Å². The van der Waals surface area contributed by atoms with E-state index in [-0.39, 0.29) is 0 Å². The van der Waals surface area contributed by atoms with Gasteiger partial charge in [-0.15, -0.1) is 0 Å². The normalized spacial score (nSPS) is 13.5. The molecule has 0 fully saturated rings. The van der Waals surface area contributed by atoms with Crippen molar-refractivity contribution in [3.63, 3.8) is 0 Å². The Labute approximate surface area is 74.1 Å². The van der Waals surface area contributed by atoms with Crippen molar-refractivity contribution in [2.75, 3.05) is 6.54 Å². The number of nitrogens with two attached hydrogens (primary N) is 1. The highest BCUT2D eigenvalue weighted by Crippen LogP contribution is 2.12. The van der Waals surface area contributed by atoms with Crippen LogP contribution in [0.4, 0.5) is 0 Å². The molecule has 56 valence electrons. The molecule has 3 nitrogen and oxygen atoms in total. The fourth-order valence-corrected chi connectivity index (χ4v) is 1.15. The van der Waals surface area contributed by atoms with Crippen LogP contribution >= 0.6 is 22.9 Å². The topological polar surface area (TPSA) is 43.8 Å². The van der Waals surface area contributed by atoms with Crippen LogP contribution in [0.5, 0.6) is 0 Å². The zero-order valence-electron chi connectivity index (χ0n) is 5.79. The van der Waals surface area contributed by atoms with Gasteiger partial charge < -0.3 is 5.73 Å². The van der Waals surface area contributed by atoms with E-state index in [1.54, 1.807) is 2.90 Å². The molecule has 1 rings (SSSR count). The fraction of sp³-hybridized carbons (Fsp3) is 0.500. The van der Waals surface area contributed by atoms with E-state index in [1.807, 2.05) is 12.4 Å². The third-order valence-electron chi connectivity index (χ3n) is 1.50. The predicted octanol–water partition coefficient (Wildman–Crippen LogP) is 1.14. The first-order valence-corrected chi connectivity index (χ1v) is 4.11. The summed E-state index contributed by atoms with van der Waals surface area (Å²) in [6.07, 6.45) is 3.84. The van der Waals surface area contributed by atoms with E-state index < -0.39 is 0 Å². The lowest BCUT2D eigenvalue weighted by molar-refractivity contribution is 0.775. The molecule has 0 aromatic carbocycles. The molecule has 1 unspecified atom stereocenters. The van der Waals surface area contributed by atoms with Gasteiger partial charge in [-0.1, -0.05) is 6.92 Å². The van der Waals surface area contributed by atoms with Crippen LogP contribution in [-0.2, 0) is 0 Å². The van der Waals surface area contributed by atoms with Crippen LogP contribution in [0.3, 0.4) is 0 Å². The summed E-state index contributed by atoms with van der Waals surface area (Å²) in [5.74, 6) is 0.420. The fourth-order valence-electron chi connectivity index (χ4n) is 0.702. The quantitative estimate of drug-likeness (QED) is 0.801. The van der Waals surface area contributed by atoms with Gasteiger partial charge in [0.15, 0.2) is 0 Å². The number of halogens is 1. The second kappa shape index (κ2) is 3.34. The summed E-state index contributed by atoms with van der Waals surface area (Å²) in [6, 6.07) is 0. The van der Waals surface area contributed by atoms with E-state index in [4.69, 9.17) is 5.73 Å². The van der Waals surface area contributed by atoms with Gasteiger partial charge in [-0.25, -0.2) is 2.90 Å². The van der Waals surface area contributed by atoms with E-state index >= 15 is 0 Å². The second-order valence-corrected chi connectivity index (χ2v) is 3.29. The molecule has 0 bridgehead atoms. The van der Waals surface area contributed by atoms with Crippen molar-refractivity contribution >= 4 is 22.9 Å². The molecule has 4 heteroatoms. The Bertz CT molecular complexity index is 209. The summed E-state index contributed by atoms with van der Waals surface area (Å²) in [6.45, 7) is 2.77. The lowest BCUT2D eigenvalue weighted by atomic mass is 10.1. The Morgan fingerprint density at radius 3 is 3.00 bits per heavy atom. The molecule has 0 saturated carbocycles. The third kappa shape index (κ3) is 1.69. The highest BCUT2D eigenvalue weighted by atomic mass is 127. The number of hydrogen-bond acceptors (Lipinski definition) is 2. The highest BCUT2D eigenvalue weighted by molar-refractivity contribution is 14.1. The molecule has 0 aliphatic carbocycles. The summed E-state index contributed by atoms with van der Waals surface area (Å²) in [4.78, 5) is 0. The molecule has 0 amide bonds. The van der Waals surface area contributed by atoms with Crippen LogP contribution < -0.4 is 5.73 Å². The molecule has 0 radical (unpaired) electrons.